The number of carbonyl (C=O) groups excluding carboxylic acids is 1. The highest BCUT2D eigenvalue weighted by Gasteiger charge is 2.35. The monoisotopic (exact) mass is 549 g/mol. The van der Waals surface area contributed by atoms with Crippen molar-refractivity contribution in [2.75, 3.05) is 43.1 Å². The minimum absolute atomic E-state index is 0.00518. The number of anilines is 2. The molecule has 3 aromatic rings. The number of thioether (sulfide) groups is 1. The first kappa shape index (κ1) is 26.2. The van der Waals surface area contributed by atoms with Gasteiger partial charge in [0, 0.05) is 38.4 Å². The third-order valence-electron chi connectivity index (χ3n) is 7.12. The number of thiocarbonyl (C=S) groups is 1. The minimum Gasteiger partial charge on any atom is -0.495 e. The molecule has 0 saturated carbocycles. The molecule has 0 radical (unpaired) electrons. The molecule has 4 heterocycles. The number of amides is 1. The molecule has 0 aliphatic carbocycles. The van der Waals surface area contributed by atoms with Gasteiger partial charge in [-0.1, -0.05) is 49.1 Å². The summed E-state index contributed by atoms with van der Waals surface area (Å²) in [7, 11) is 1.68. The van der Waals surface area contributed by atoms with E-state index in [2.05, 4.69) is 15.9 Å². The second kappa shape index (κ2) is 10.8. The molecule has 0 N–H and O–H groups in total. The number of hydrogen-bond acceptors (Lipinski definition) is 8. The Morgan fingerprint density at radius 2 is 1.82 bits per heavy atom. The maximum atomic E-state index is 13.8. The Balaban J connectivity index is 1.54. The molecule has 0 bridgehead atoms. The van der Waals surface area contributed by atoms with E-state index in [0.29, 0.717) is 39.3 Å². The number of benzene rings is 1. The number of methoxy groups -OCH3 is 1. The van der Waals surface area contributed by atoms with Crippen LogP contribution in [0.4, 0.5) is 11.5 Å². The lowest BCUT2D eigenvalue weighted by Gasteiger charge is -2.37. The summed E-state index contributed by atoms with van der Waals surface area (Å²) in [6.07, 6.45) is 4.27. The Morgan fingerprint density at radius 3 is 2.53 bits per heavy atom. The van der Waals surface area contributed by atoms with E-state index in [0.717, 1.165) is 36.5 Å². The van der Waals surface area contributed by atoms with E-state index in [9.17, 15) is 9.59 Å². The van der Waals surface area contributed by atoms with Gasteiger partial charge in [0.05, 0.1) is 23.3 Å². The summed E-state index contributed by atoms with van der Waals surface area (Å²) in [4.78, 5) is 38.5. The molecular weight excluding hydrogens is 518 g/mol. The fraction of sp³-hybridized carbons (Fsp3) is 0.357. The standard InChI is InChI=1S/C28H31N5O3S2/c1-5-19(3)33-27(35)23(38-28(33)37)16-20-25(29-24-11-10-18(2)17-32(24)26(20)34)31-14-12-30(13-15-31)21-8-6-7-9-22(21)36-4/h6-11,16-17,19H,5,12-15H2,1-4H3/b23-16-/t19-/m0/s1. The van der Waals surface area contributed by atoms with Crippen molar-refractivity contribution in [2.45, 2.75) is 33.2 Å². The van der Waals surface area contributed by atoms with Gasteiger partial charge in [-0.3, -0.25) is 18.9 Å². The van der Waals surface area contributed by atoms with Crippen molar-refractivity contribution in [3.05, 3.63) is 69.0 Å². The normalized spacial score (nSPS) is 18.1. The smallest absolute Gasteiger partial charge is 0.267 e. The van der Waals surface area contributed by atoms with E-state index in [1.54, 1.807) is 28.7 Å². The lowest BCUT2D eigenvalue weighted by molar-refractivity contribution is -0.123. The molecular formula is C28H31N5O3S2. The van der Waals surface area contributed by atoms with Crippen LogP contribution >= 0.6 is 24.0 Å². The maximum Gasteiger partial charge on any atom is 0.267 e. The molecule has 5 rings (SSSR count). The molecule has 0 spiro atoms. The molecule has 10 heteroatoms. The molecule has 1 aromatic carbocycles. The van der Waals surface area contributed by atoms with Crippen molar-refractivity contribution >= 4 is 57.4 Å². The number of aryl methyl sites for hydroxylation is 1. The van der Waals surface area contributed by atoms with Crippen molar-refractivity contribution in [2.24, 2.45) is 0 Å². The lowest BCUT2D eigenvalue weighted by atomic mass is 10.2. The maximum absolute atomic E-state index is 13.8. The number of nitrogens with zero attached hydrogens (tertiary/aromatic N) is 5. The number of aromatic nitrogens is 2. The van der Waals surface area contributed by atoms with Crippen LogP contribution in [0.2, 0.25) is 0 Å². The first-order chi connectivity index (χ1) is 18.3. The van der Waals surface area contributed by atoms with Crippen LogP contribution in [-0.2, 0) is 4.79 Å². The number of para-hydroxylation sites is 2. The molecule has 1 amide bonds. The fourth-order valence-corrected chi connectivity index (χ4v) is 6.28. The Kier molecular flexibility index (Phi) is 7.45. The Morgan fingerprint density at radius 1 is 1.11 bits per heavy atom. The topological polar surface area (TPSA) is 70.4 Å². The molecule has 2 fully saturated rings. The van der Waals surface area contributed by atoms with Crippen LogP contribution in [0.3, 0.4) is 0 Å². The van der Waals surface area contributed by atoms with Crippen molar-refractivity contribution in [3.8, 4) is 5.75 Å². The minimum atomic E-state index is -0.199. The zero-order valence-corrected chi connectivity index (χ0v) is 23.6. The summed E-state index contributed by atoms with van der Waals surface area (Å²) in [5.41, 5.74) is 2.78. The number of pyridine rings is 1. The predicted molar refractivity (Wildman–Crippen MR) is 158 cm³/mol. The third-order valence-corrected chi connectivity index (χ3v) is 8.45. The molecule has 2 saturated heterocycles. The van der Waals surface area contributed by atoms with E-state index in [-0.39, 0.29) is 17.5 Å². The van der Waals surface area contributed by atoms with E-state index in [1.807, 2.05) is 51.1 Å². The van der Waals surface area contributed by atoms with Gasteiger partial charge >= 0.3 is 0 Å². The largest absolute Gasteiger partial charge is 0.495 e. The molecule has 198 valence electrons. The number of fused-ring (bicyclic) bond motifs is 1. The van der Waals surface area contributed by atoms with Crippen LogP contribution < -0.4 is 20.1 Å². The zero-order chi connectivity index (χ0) is 27.0. The summed E-state index contributed by atoms with van der Waals surface area (Å²) in [5, 5.41) is 0. The molecule has 1 atom stereocenters. The molecule has 2 aromatic heterocycles. The van der Waals surface area contributed by atoms with Gasteiger partial charge in [-0.25, -0.2) is 4.98 Å². The van der Waals surface area contributed by atoms with Crippen LogP contribution in [0.15, 0.2) is 52.3 Å². The SMILES string of the molecule is CC[C@H](C)N1C(=O)/C(=C/c2c(N3CCN(c4ccccc4OC)CC3)nc3ccc(C)cn3c2=O)SC1=S. The van der Waals surface area contributed by atoms with Gasteiger partial charge in [0.1, 0.15) is 21.5 Å². The van der Waals surface area contributed by atoms with E-state index in [1.165, 1.54) is 11.8 Å². The van der Waals surface area contributed by atoms with Crippen LogP contribution in [0.1, 0.15) is 31.4 Å². The van der Waals surface area contributed by atoms with E-state index >= 15 is 0 Å². The first-order valence-electron chi connectivity index (χ1n) is 12.7. The van der Waals surface area contributed by atoms with Gasteiger partial charge in [-0.15, -0.1) is 0 Å². The highest BCUT2D eigenvalue weighted by atomic mass is 32.2. The van der Waals surface area contributed by atoms with E-state index < -0.39 is 0 Å². The van der Waals surface area contributed by atoms with E-state index in [4.69, 9.17) is 21.9 Å². The van der Waals surface area contributed by atoms with Crippen molar-refractivity contribution in [3.63, 3.8) is 0 Å². The second-order valence-electron chi connectivity index (χ2n) is 9.54. The summed E-state index contributed by atoms with van der Waals surface area (Å²) < 4.78 is 7.64. The molecule has 0 unspecified atom stereocenters. The molecule has 38 heavy (non-hydrogen) atoms. The number of ether oxygens (including phenoxy) is 1. The van der Waals surface area contributed by atoms with Crippen LogP contribution in [0, 0.1) is 6.92 Å². The van der Waals surface area contributed by atoms with Gasteiger partial charge in [0.2, 0.25) is 0 Å². The average molecular weight is 550 g/mol. The van der Waals surface area contributed by atoms with Gasteiger partial charge in [0.15, 0.2) is 0 Å². The Hall–Kier alpha value is -3.37. The molecule has 2 aliphatic heterocycles. The van der Waals surface area contributed by atoms with Crippen LogP contribution in [-0.4, -0.2) is 63.8 Å². The van der Waals surface area contributed by atoms with Crippen molar-refractivity contribution in [1.29, 1.82) is 0 Å². The summed E-state index contributed by atoms with van der Waals surface area (Å²) in [6.45, 7) is 8.76. The summed E-state index contributed by atoms with van der Waals surface area (Å²) in [6, 6.07) is 11.8. The number of rotatable bonds is 6. The quantitative estimate of drug-likeness (QED) is 0.332. The Bertz CT molecular complexity index is 1490. The fourth-order valence-electron chi connectivity index (χ4n) is 4.84. The first-order valence-corrected chi connectivity index (χ1v) is 14.0. The molecule has 2 aliphatic rings. The predicted octanol–water partition coefficient (Wildman–Crippen LogP) is 4.34. The van der Waals surface area contributed by atoms with Crippen molar-refractivity contribution in [1.82, 2.24) is 14.3 Å². The summed E-state index contributed by atoms with van der Waals surface area (Å²) in [5.74, 6) is 1.27. The van der Waals surface area contributed by atoms with Gasteiger partial charge in [-0.05, 0) is 50.1 Å². The third kappa shape index (κ3) is 4.78. The zero-order valence-electron chi connectivity index (χ0n) is 22.0. The Labute approximate surface area is 231 Å². The lowest BCUT2D eigenvalue weighted by Crippen LogP contribution is -2.47. The van der Waals surface area contributed by atoms with Crippen LogP contribution in [0.25, 0.3) is 11.7 Å². The van der Waals surface area contributed by atoms with Crippen LogP contribution in [0.5, 0.6) is 5.75 Å². The molecule has 8 nitrogen and oxygen atoms in total. The average Bonchev–Trinajstić information content (AvgIpc) is 3.22. The van der Waals surface area contributed by atoms with Gasteiger partial charge < -0.3 is 14.5 Å². The summed E-state index contributed by atoms with van der Waals surface area (Å²) >= 11 is 6.77. The highest BCUT2D eigenvalue weighted by molar-refractivity contribution is 8.26. The number of piperazine rings is 1. The van der Waals surface area contributed by atoms with Gasteiger partial charge in [0.25, 0.3) is 11.5 Å². The van der Waals surface area contributed by atoms with Crippen molar-refractivity contribution < 1.29 is 9.53 Å². The number of hydrogen-bond donors (Lipinski definition) is 0. The highest BCUT2D eigenvalue weighted by Crippen LogP contribution is 2.36. The van der Waals surface area contributed by atoms with Gasteiger partial charge in [-0.2, -0.15) is 0 Å². The second-order valence-corrected chi connectivity index (χ2v) is 11.2. The number of carbonyl (C=O) groups is 1.